The van der Waals surface area contributed by atoms with E-state index in [9.17, 15) is 16.8 Å². The van der Waals surface area contributed by atoms with Crippen LogP contribution in [0.2, 0.25) is 0 Å². The molecule has 11 heteroatoms. The molecular formula is C18H19N3O6S2. The first-order valence-electron chi connectivity index (χ1n) is 8.80. The number of morpholine rings is 1. The lowest BCUT2D eigenvalue weighted by atomic mass is 10.2. The topological polar surface area (TPSA) is 114 Å². The highest BCUT2D eigenvalue weighted by molar-refractivity contribution is 7.91. The summed E-state index contributed by atoms with van der Waals surface area (Å²) in [4.78, 5) is -0.268. The molecule has 0 amide bonds. The van der Waals surface area contributed by atoms with Gasteiger partial charge in [0.1, 0.15) is 10.6 Å². The summed E-state index contributed by atoms with van der Waals surface area (Å²) in [6.45, 7) is 1.06. The number of hydrogen-bond donors (Lipinski definition) is 1. The van der Waals surface area contributed by atoms with Crippen LogP contribution in [0.25, 0.3) is 0 Å². The van der Waals surface area contributed by atoms with Crippen molar-refractivity contribution in [3.8, 4) is 5.75 Å². The molecule has 0 atom stereocenters. The zero-order valence-corrected chi connectivity index (χ0v) is 17.2. The molecule has 1 saturated heterocycles. The van der Waals surface area contributed by atoms with E-state index in [4.69, 9.17) is 9.47 Å². The Balaban J connectivity index is 1.70. The molecule has 2 aromatic rings. The molecule has 4 rings (SSSR count). The van der Waals surface area contributed by atoms with E-state index in [2.05, 4.69) is 9.71 Å². The van der Waals surface area contributed by atoms with E-state index in [0.717, 1.165) is 6.07 Å². The highest BCUT2D eigenvalue weighted by atomic mass is 32.2. The fourth-order valence-electron chi connectivity index (χ4n) is 3.11. The molecule has 0 bridgehead atoms. The molecule has 0 saturated carbocycles. The molecule has 2 heterocycles. The van der Waals surface area contributed by atoms with Crippen LogP contribution in [-0.2, 0) is 24.8 Å². The van der Waals surface area contributed by atoms with Gasteiger partial charge < -0.3 is 14.8 Å². The Hall–Kier alpha value is -2.47. The Labute approximate surface area is 169 Å². The third-order valence-electron chi connectivity index (χ3n) is 4.67. The molecule has 2 aliphatic heterocycles. The third kappa shape index (κ3) is 3.73. The number of fused-ring (bicyclic) bond motifs is 1. The van der Waals surface area contributed by atoms with Gasteiger partial charge in [0.05, 0.1) is 30.9 Å². The van der Waals surface area contributed by atoms with E-state index in [0.29, 0.717) is 24.5 Å². The Morgan fingerprint density at radius 2 is 1.79 bits per heavy atom. The van der Waals surface area contributed by atoms with Crippen molar-refractivity contribution in [1.82, 2.24) is 4.31 Å². The van der Waals surface area contributed by atoms with Crippen LogP contribution in [0, 0.1) is 0 Å². The Bertz CT molecular complexity index is 1170. The third-order valence-corrected chi connectivity index (χ3v) is 7.88. The summed E-state index contributed by atoms with van der Waals surface area (Å²) in [5.74, 6) is 0.787. The van der Waals surface area contributed by atoms with Crippen molar-refractivity contribution in [3.63, 3.8) is 0 Å². The fourth-order valence-corrected chi connectivity index (χ4v) is 5.78. The summed E-state index contributed by atoms with van der Waals surface area (Å²) in [5, 5.41) is 2.97. The Morgan fingerprint density at radius 1 is 1.10 bits per heavy atom. The van der Waals surface area contributed by atoms with Crippen LogP contribution in [0.5, 0.6) is 5.75 Å². The van der Waals surface area contributed by atoms with Gasteiger partial charge in [-0.05, 0) is 42.5 Å². The number of ether oxygens (including phenoxy) is 2. The molecule has 2 aliphatic rings. The van der Waals surface area contributed by atoms with E-state index in [1.165, 1.54) is 23.5 Å². The minimum absolute atomic E-state index is 0.0911. The minimum atomic E-state index is -4.08. The number of anilines is 1. The molecule has 0 unspecified atom stereocenters. The SMILES string of the molecule is COc1ccc(C2=NS(=O)(=O)c3cc(S(=O)(=O)N4CCOCC4)ccc3N2)cc1. The van der Waals surface area contributed by atoms with Gasteiger partial charge in [0.2, 0.25) is 10.0 Å². The lowest BCUT2D eigenvalue weighted by molar-refractivity contribution is 0.0730. The quantitative estimate of drug-likeness (QED) is 0.766. The maximum absolute atomic E-state index is 12.8. The number of amidine groups is 1. The van der Waals surface area contributed by atoms with Crippen LogP contribution < -0.4 is 10.1 Å². The predicted molar refractivity (Wildman–Crippen MR) is 106 cm³/mol. The lowest BCUT2D eigenvalue weighted by Crippen LogP contribution is -2.40. The number of nitrogens with one attached hydrogen (secondary N) is 1. The van der Waals surface area contributed by atoms with E-state index < -0.39 is 20.0 Å². The van der Waals surface area contributed by atoms with Gasteiger partial charge in [-0.2, -0.15) is 12.7 Å². The average molecular weight is 437 g/mol. The minimum Gasteiger partial charge on any atom is -0.497 e. The van der Waals surface area contributed by atoms with Gasteiger partial charge >= 0.3 is 0 Å². The van der Waals surface area contributed by atoms with Crippen LogP contribution in [-0.4, -0.2) is 60.4 Å². The molecule has 0 aromatic heterocycles. The second-order valence-corrected chi connectivity index (χ2v) is 9.95. The molecule has 1 N–H and O–H groups in total. The van der Waals surface area contributed by atoms with Crippen LogP contribution >= 0.6 is 0 Å². The molecule has 29 heavy (non-hydrogen) atoms. The van der Waals surface area contributed by atoms with E-state index >= 15 is 0 Å². The van der Waals surface area contributed by atoms with Crippen molar-refractivity contribution in [2.24, 2.45) is 4.40 Å². The molecule has 0 spiro atoms. The van der Waals surface area contributed by atoms with Gasteiger partial charge in [-0.25, -0.2) is 8.42 Å². The second kappa shape index (κ2) is 7.41. The summed E-state index contributed by atoms with van der Waals surface area (Å²) >= 11 is 0. The molecule has 2 aromatic carbocycles. The first-order valence-corrected chi connectivity index (χ1v) is 11.7. The van der Waals surface area contributed by atoms with Crippen molar-refractivity contribution >= 4 is 31.6 Å². The standard InChI is InChI=1S/C18H19N3O6S2/c1-26-14-4-2-13(3-5-14)18-19-16-7-6-15(12-17(16)28(22,23)20-18)29(24,25)21-8-10-27-11-9-21/h2-7,12H,8-11H2,1H3,(H,19,20). The van der Waals surface area contributed by atoms with Crippen molar-refractivity contribution in [3.05, 3.63) is 48.0 Å². The maximum Gasteiger partial charge on any atom is 0.286 e. The zero-order valence-electron chi connectivity index (χ0n) is 15.5. The van der Waals surface area contributed by atoms with Crippen LogP contribution in [0.4, 0.5) is 5.69 Å². The van der Waals surface area contributed by atoms with Gasteiger partial charge in [0.15, 0.2) is 5.84 Å². The van der Waals surface area contributed by atoms with Crippen molar-refractivity contribution in [2.75, 3.05) is 38.7 Å². The molecule has 1 fully saturated rings. The highest BCUT2D eigenvalue weighted by Gasteiger charge is 2.31. The number of nitrogens with zero attached hydrogens (tertiary/aromatic N) is 2. The average Bonchev–Trinajstić information content (AvgIpc) is 2.73. The predicted octanol–water partition coefficient (Wildman–Crippen LogP) is 1.28. The normalized spacial score (nSPS) is 19.0. The van der Waals surface area contributed by atoms with Gasteiger partial charge in [-0.15, -0.1) is 4.40 Å². The number of sulfonamides is 2. The highest BCUT2D eigenvalue weighted by Crippen LogP contribution is 2.32. The number of hydrogen-bond acceptors (Lipinski definition) is 7. The second-order valence-electron chi connectivity index (χ2n) is 6.44. The molecule has 0 radical (unpaired) electrons. The summed E-state index contributed by atoms with van der Waals surface area (Å²) < 4.78 is 66.6. The van der Waals surface area contributed by atoms with Gasteiger partial charge in [-0.1, -0.05) is 0 Å². The Morgan fingerprint density at radius 3 is 2.45 bits per heavy atom. The molecule has 9 nitrogen and oxygen atoms in total. The van der Waals surface area contributed by atoms with Crippen molar-refractivity contribution in [2.45, 2.75) is 9.79 Å². The monoisotopic (exact) mass is 437 g/mol. The first kappa shape index (κ1) is 19.8. The van der Waals surface area contributed by atoms with Crippen LogP contribution in [0.1, 0.15) is 5.56 Å². The molecule has 154 valence electrons. The number of benzene rings is 2. The summed E-state index contributed by atoms with van der Waals surface area (Å²) in [6.07, 6.45) is 0. The van der Waals surface area contributed by atoms with E-state index in [-0.39, 0.29) is 34.4 Å². The van der Waals surface area contributed by atoms with Gasteiger partial charge in [0, 0.05) is 18.7 Å². The van der Waals surface area contributed by atoms with E-state index in [1.54, 1.807) is 24.3 Å². The zero-order chi connectivity index (χ0) is 20.6. The maximum atomic E-state index is 12.8. The smallest absolute Gasteiger partial charge is 0.286 e. The largest absolute Gasteiger partial charge is 0.497 e. The summed E-state index contributed by atoms with van der Waals surface area (Å²) in [7, 11) is -6.37. The van der Waals surface area contributed by atoms with Gasteiger partial charge in [0.25, 0.3) is 10.0 Å². The van der Waals surface area contributed by atoms with Crippen molar-refractivity contribution in [1.29, 1.82) is 0 Å². The number of methoxy groups -OCH3 is 1. The first-order chi connectivity index (χ1) is 13.8. The summed E-state index contributed by atoms with van der Waals surface area (Å²) in [5.41, 5.74) is 0.830. The number of rotatable bonds is 4. The summed E-state index contributed by atoms with van der Waals surface area (Å²) in [6, 6.07) is 10.7. The lowest BCUT2D eigenvalue weighted by Gasteiger charge is -2.26. The van der Waals surface area contributed by atoms with E-state index in [1.807, 2.05) is 0 Å². The van der Waals surface area contributed by atoms with Crippen LogP contribution in [0.3, 0.4) is 0 Å². The molecular weight excluding hydrogens is 418 g/mol. The van der Waals surface area contributed by atoms with Gasteiger partial charge in [-0.3, -0.25) is 0 Å². The Kier molecular flexibility index (Phi) is 5.07. The van der Waals surface area contributed by atoms with Crippen molar-refractivity contribution < 1.29 is 26.3 Å². The van der Waals surface area contributed by atoms with Crippen LogP contribution in [0.15, 0.2) is 56.7 Å². The molecule has 0 aliphatic carbocycles. The fraction of sp³-hybridized carbons (Fsp3) is 0.278.